The molecule has 0 unspecified atom stereocenters. The van der Waals surface area contributed by atoms with Gasteiger partial charge in [0, 0.05) is 25.1 Å². The maximum absolute atomic E-state index is 11.8. The van der Waals surface area contributed by atoms with Crippen LogP contribution in [-0.4, -0.2) is 88.9 Å². The Morgan fingerprint density at radius 1 is 0.878 bits per heavy atom. The number of alkyl carbamates (subject to hydrolysis) is 2. The summed E-state index contributed by atoms with van der Waals surface area (Å²) < 4.78 is 22.1. The van der Waals surface area contributed by atoms with Crippen molar-refractivity contribution in [3.05, 3.63) is 23.8 Å². The van der Waals surface area contributed by atoms with Crippen molar-refractivity contribution in [2.24, 2.45) is 0 Å². The zero-order chi connectivity index (χ0) is 30.9. The zero-order valence-electron chi connectivity index (χ0n) is 24.8. The molecule has 41 heavy (non-hydrogen) atoms. The average molecular weight is 586 g/mol. The number of rotatable bonds is 20. The van der Waals surface area contributed by atoms with E-state index in [0.29, 0.717) is 32.8 Å². The van der Waals surface area contributed by atoms with Gasteiger partial charge >= 0.3 is 18.2 Å². The number of benzene rings is 1. The lowest BCUT2D eigenvalue weighted by Crippen LogP contribution is -3.13. The minimum Gasteiger partial charge on any atom is -0.550 e. The zero-order valence-corrected chi connectivity index (χ0v) is 24.8. The number of aliphatic carboxylic acids is 2. The highest BCUT2D eigenvalue weighted by Crippen LogP contribution is 2.31. The van der Waals surface area contributed by atoms with Gasteiger partial charge in [-0.25, -0.2) is 9.59 Å². The number of ether oxygens (including phenoxy) is 4. The standard InChI is InChI=1S/C25H43N3O6.C3H4O4/c1-5-8-18-32-23-21(10-9-11-22(23)31-4)12-15-28(16-19-33-24(29)26-13-6-2)17-20-34-25(30)27-14-7-3;4-2(5)1-3(6)7/h9-11H,5-8,12-20H2,1-4H3,(H,26,29)(H,27,30);1H2,(H,4,5)(H,6,7). The second-order valence-electron chi connectivity index (χ2n) is 8.97. The van der Waals surface area contributed by atoms with E-state index in [4.69, 9.17) is 24.1 Å². The maximum atomic E-state index is 11.8. The minimum atomic E-state index is -1.56. The van der Waals surface area contributed by atoms with Crippen LogP contribution in [0.3, 0.4) is 0 Å². The molecule has 1 aromatic carbocycles. The SMILES string of the molecule is CCCCOc1c(CC[NH+](CCOC(=O)NCCC)CCOC(=O)NCCC)cccc1OC.O=C([O-])CC(=O)O. The molecule has 0 aliphatic heterocycles. The Morgan fingerprint density at radius 2 is 1.46 bits per heavy atom. The summed E-state index contributed by atoms with van der Waals surface area (Å²) >= 11 is 0. The fraction of sp³-hybridized carbons (Fsp3) is 0.643. The Hall–Kier alpha value is -3.74. The summed E-state index contributed by atoms with van der Waals surface area (Å²) in [6.07, 6.45) is 2.76. The van der Waals surface area contributed by atoms with Crippen LogP contribution in [0.2, 0.25) is 0 Å². The van der Waals surface area contributed by atoms with E-state index in [1.165, 1.54) is 0 Å². The molecule has 0 saturated carbocycles. The van der Waals surface area contributed by atoms with E-state index in [0.717, 1.165) is 60.6 Å². The van der Waals surface area contributed by atoms with Gasteiger partial charge in [-0.2, -0.15) is 0 Å². The Labute approximate surface area is 242 Å². The number of unbranched alkanes of at least 4 members (excludes halogenated alkanes) is 1. The Kier molecular flexibility index (Phi) is 21.9. The number of carbonyl (C=O) groups excluding carboxylic acids is 3. The van der Waals surface area contributed by atoms with E-state index in [1.54, 1.807) is 7.11 Å². The predicted molar refractivity (Wildman–Crippen MR) is 149 cm³/mol. The van der Waals surface area contributed by atoms with Crippen LogP contribution in [0.25, 0.3) is 0 Å². The van der Waals surface area contributed by atoms with Crippen molar-refractivity contribution in [3.8, 4) is 11.5 Å². The summed E-state index contributed by atoms with van der Waals surface area (Å²) in [6, 6.07) is 5.91. The summed E-state index contributed by atoms with van der Waals surface area (Å²) in [6.45, 7) is 10.5. The van der Waals surface area contributed by atoms with Crippen molar-refractivity contribution in [1.29, 1.82) is 0 Å². The number of carbonyl (C=O) groups is 4. The maximum Gasteiger partial charge on any atom is 0.407 e. The van der Waals surface area contributed by atoms with Gasteiger partial charge in [0.2, 0.25) is 0 Å². The van der Waals surface area contributed by atoms with Gasteiger partial charge in [-0.15, -0.1) is 0 Å². The largest absolute Gasteiger partial charge is 0.550 e. The molecule has 1 rings (SSSR count). The van der Waals surface area contributed by atoms with Gasteiger partial charge in [0.05, 0.1) is 32.7 Å². The molecule has 0 atom stereocenters. The summed E-state index contributed by atoms with van der Waals surface area (Å²) in [5.41, 5.74) is 1.07. The third kappa shape index (κ3) is 19.9. The molecule has 0 spiro atoms. The number of para-hydroxylation sites is 1. The Balaban J connectivity index is 0.00000201. The highest BCUT2D eigenvalue weighted by atomic mass is 16.6. The molecule has 0 fully saturated rings. The smallest absolute Gasteiger partial charge is 0.407 e. The van der Waals surface area contributed by atoms with Crippen LogP contribution in [0.5, 0.6) is 11.5 Å². The van der Waals surface area contributed by atoms with E-state index in [2.05, 4.69) is 17.6 Å². The summed E-state index contributed by atoms with van der Waals surface area (Å²) in [5, 5.41) is 22.4. The third-order valence-corrected chi connectivity index (χ3v) is 5.48. The molecular formula is C28H47N3O10. The predicted octanol–water partition coefficient (Wildman–Crippen LogP) is 0.785. The van der Waals surface area contributed by atoms with Gasteiger partial charge < -0.3 is 49.5 Å². The normalized spacial score (nSPS) is 10.2. The quantitative estimate of drug-likeness (QED) is 0.126. The fourth-order valence-electron chi connectivity index (χ4n) is 3.34. The number of amides is 2. The van der Waals surface area contributed by atoms with E-state index < -0.39 is 30.5 Å². The first-order valence-corrected chi connectivity index (χ1v) is 14.0. The molecular weight excluding hydrogens is 538 g/mol. The topological polar surface area (TPSA) is 177 Å². The Morgan fingerprint density at radius 3 is 1.90 bits per heavy atom. The highest BCUT2D eigenvalue weighted by Gasteiger charge is 2.16. The minimum absolute atomic E-state index is 0.283. The lowest BCUT2D eigenvalue weighted by molar-refractivity contribution is -0.900. The molecule has 2 amide bonds. The van der Waals surface area contributed by atoms with Gasteiger partial charge in [-0.05, 0) is 25.3 Å². The van der Waals surface area contributed by atoms with Crippen LogP contribution in [-0.2, 0) is 25.5 Å². The molecule has 13 nitrogen and oxygen atoms in total. The van der Waals surface area contributed by atoms with Gasteiger partial charge in [0.25, 0.3) is 0 Å². The molecule has 0 heterocycles. The van der Waals surface area contributed by atoms with Gasteiger partial charge in [-0.1, -0.05) is 39.3 Å². The van der Waals surface area contributed by atoms with E-state index >= 15 is 0 Å². The molecule has 0 saturated heterocycles. The number of carboxylic acids is 2. The molecule has 0 aliphatic rings. The molecule has 13 heteroatoms. The number of hydrogen-bond acceptors (Lipinski definition) is 9. The molecule has 4 N–H and O–H groups in total. The van der Waals surface area contributed by atoms with E-state index in [9.17, 15) is 24.3 Å². The monoisotopic (exact) mass is 585 g/mol. The van der Waals surface area contributed by atoms with E-state index in [1.807, 2.05) is 32.0 Å². The van der Waals surface area contributed by atoms with Gasteiger partial charge in [0.1, 0.15) is 26.3 Å². The lowest BCUT2D eigenvalue weighted by atomic mass is 10.1. The highest BCUT2D eigenvalue weighted by molar-refractivity contribution is 5.87. The molecule has 1 aromatic rings. The van der Waals surface area contributed by atoms with Crippen molar-refractivity contribution in [2.75, 3.05) is 59.7 Å². The second-order valence-corrected chi connectivity index (χ2v) is 8.97. The van der Waals surface area contributed by atoms with Crippen molar-refractivity contribution in [3.63, 3.8) is 0 Å². The first kappa shape index (κ1) is 37.3. The molecule has 0 aliphatic carbocycles. The van der Waals surface area contributed by atoms with Crippen molar-refractivity contribution in [1.82, 2.24) is 10.6 Å². The van der Waals surface area contributed by atoms with Crippen LogP contribution < -0.4 is 30.1 Å². The van der Waals surface area contributed by atoms with Crippen LogP contribution in [0.1, 0.15) is 58.4 Å². The van der Waals surface area contributed by atoms with Crippen LogP contribution >= 0.6 is 0 Å². The second kappa shape index (κ2) is 24.1. The van der Waals surface area contributed by atoms with Crippen molar-refractivity contribution in [2.45, 2.75) is 59.3 Å². The molecule has 0 bridgehead atoms. The first-order chi connectivity index (χ1) is 19.7. The molecule has 0 aromatic heterocycles. The van der Waals surface area contributed by atoms with Crippen LogP contribution in [0.4, 0.5) is 9.59 Å². The van der Waals surface area contributed by atoms with Crippen molar-refractivity contribution >= 4 is 24.1 Å². The number of methoxy groups -OCH3 is 1. The van der Waals surface area contributed by atoms with Gasteiger partial charge in [0.15, 0.2) is 11.5 Å². The molecule has 0 radical (unpaired) electrons. The summed E-state index contributed by atoms with van der Waals surface area (Å²) in [5.74, 6) is -1.43. The average Bonchev–Trinajstić information content (AvgIpc) is 2.93. The summed E-state index contributed by atoms with van der Waals surface area (Å²) in [4.78, 5) is 43.4. The van der Waals surface area contributed by atoms with Crippen LogP contribution in [0, 0.1) is 0 Å². The third-order valence-electron chi connectivity index (χ3n) is 5.48. The number of nitrogens with one attached hydrogen (secondary N) is 3. The van der Waals surface area contributed by atoms with Crippen molar-refractivity contribution < 1.29 is 53.2 Å². The van der Waals surface area contributed by atoms with E-state index in [-0.39, 0.29) is 13.2 Å². The van der Waals surface area contributed by atoms with Crippen LogP contribution in [0.15, 0.2) is 18.2 Å². The lowest BCUT2D eigenvalue weighted by Gasteiger charge is -2.21. The summed E-state index contributed by atoms with van der Waals surface area (Å²) in [7, 11) is 1.64. The number of quaternary nitrogens is 1. The Bertz CT molecular complexity index is 860. The fourth-order valence-corrected chi connectivity index (χ4v) is 3.34. The number of hydrogen-bond donors (Lipinski definition) is 4. The number of carboxylic acid groups (broad SMARTS) is 2. The first-order valence-electron chi connectivity index (χ1n) is 14.0. The van der Waals surface area contributed by atoms with Gasteiger partial charge in [-0.3, -0.25) is 4.79 Å². The molecule has 234 valence electrons.